The topological polar surface area (TPSA) is 71.3 Å². The quantitative estimate of drug-likeness (QED) is 0.870. The van der Waals surface area contributed by atoms with Crippen molar-refractivity contribution in [1.29, 1.82) is 0 Å². The van der Waals surface area contributed by atoms with Gasteiger partial charge in [0.2, 0.25) is 5.89 Å². The van der Waals surface area contributed by atoms with E-state index in [1.807, 2.05) is 0 Å². The van der Waals surface area contributed by atoms with Crippen molar-refractivity contribution in [3.63, 3.8) is 0 Å². The average Bonchev–Trinajstić information content (AvgIpc) is 3.31. The van der Waals surface area contributed by atoms with Crippen LogP contribution in [0.3, 0.4) is 0 Å². The molecular weight excluding hydrogens is 349 g/mol. The summed E-state index contributed by atoms with van der Waals surface area (Å²) in [6.07, 6.45) is -2.33. The molecule has 1 fully saturated rings. The molecule has 2 aromatic rings. The highest BCUT2D eigenvalue weighted by molar-refractivity contribution is 5.74. The van der Waals surface area contributed by atoms with E-state index in [0.717, 1.165) is 25.0 Å². The Morgan fingerprint density at radius 3 is 2.81 bits per heavy atom. The minimum atomic E-state index is -4.41. The molecule has 1 saturated carbocycles. The zero-order valence-electron chi connectivity index (χ0n) is 14.4. The summed E-state index contributed by atoms with van der Waals surface area (Å²) in [4.78, 5) is 17.8. The van der Waals surface area contributed by atoms with Gasteiger partial charge in [0.15, 0.2) is 5.82 Å². The molecule has 1 aromatic heterocycles. The predicted molar refractivity (Wildman–Crippen MR) is 86.1 cm³/mol. The lowest BCUT2D eigenvalue weighted by atomic mass is 10.1. The van der Waals surface area contributed by atoms with Crippen molar-refractivity contribution in [2.45, 2.75) is 44.4 Å². The van der Waals surface area contributed by atoms with E-state index in [1.54, 1.807) is 13.0 Å². The fraction of sp³-hybridized carbons (Fsp3) is 0.471. The number of rotatable bonds is 5. The third-order valence-corrected chi connectivity index (χ3v) is 4.13. The Morgan fingerprint density at radius 2 is 2.15 bits per heavy atom. The normalized spacial score (nSPS) is 15.6. The molecule has 26 heavy (non-hydrogen) atoms. The highest BCUT2D eigenvalue weighted by atomic mass is 19.4. The molecule has 0 aliphatic heterocycles. The maximum Gasteiger partial charge on any atom is 0.416 e. The van der Waals surface area contributed by atoms with Crippen molar-refractivity contribution >= 4 is 6.03 Å². The van der Waals surface area contributed by atoms with Gasteiger partial charge in [-0.3, -0.25) is 0 Å². The summed E-state index contributed by atoms with van der Waals surface area (Å²) in [5, 5.41) is 6.60. The van der Waals surface area contributed by atoms with E-state index in [4.69, 9.17) is 4.52 Å². The average molecular weight is 368 g/mol. The molecule has 6 nitrogen and oxygen atoms in total. The molecule has 9 heteroatoms. The summed E-state index contributed by atoms with van der Waals surface area (Å²) in [7, 11) is 1.51. The Bertz CT molecular complexity index is 786. The van der Waals surface area contributed by atoms with E-state index in [0.29, 0.717) is 23.2 Å². The zero-order valence-corrected chi connectivity index (χ0v) is 14.4. The molecule has 2 amide bonds. The van der Waals surface area contributed by atoms with Crippen LogP contribution in [-0.4, -0.2) is 28.1 Å². The molecule has 1 heterocycles. The Balaban J connectivity index is 1.58. The van der Waals surface area contributed by atoms with Crippen LogP contribution in [0.4, 0.5) is 18.0 Å². The van der Waals surface area contributed by atoms with Gasteiger partial charge in [-0.2, -0.15) is 18.2 Å². The van der Waals surface area contributed by atoms with Crippen LogP contribution >= 0.6 is 0 Å². The number of halogens is 3. The fourth-order valence-corrected chi connectivity index (χ4v) is 2.48. The summed E-state index contributed by atoms with van der Waals surface area (Å²) in [5.74, 6) is 1.31. The highest BCUT2D eigenvalue weighted by Gasteiger charge is 2.31. The number of carbonyl (C=O) groups is 1. The largest absolute Gasteiger partial charge is 0.416 e. The second-order valence-electron chi connectivity index (χ2n) is 6.49. The van der Waals surface area contributed by atoms with Crippen LogP contribution in [0.2, 0.25) is 0 Å². The third kappa shape index (κ3) is 4.33. The van der Waals surface area contributed by atoms with Gasteiger partial charge in [0, 0.05) is 19.5 Å². The molecule has 0 radical (unpaired) electrons. The van der Waals surface area contributed by atoms with Crippen LogP contribution in [-0.2, 0) is 12.7 Å². The lowest BCUT2D eigenvalue weighted by Gasteiger charge is -2.20. The molecule has 0 saturated heterocycles. The molecule has 140 valence electrons. The molecule has 3 rings (SSSR count). The molecule has 0 unspecified atom stereocenters. The summed E-state index contributed by atoms with van der Waals surface area (Å²) in [5.41, 5.74) is -0.352. The predicted octanol–water partition coefficient (Wildman–Crippen LogP) is 3.87. The Hall–Kier alpha value is -2.58. The lowest BCUT2D eigenvalue weighted by Crippen LogP contribution is -2.38. The van der Waals surface area contributed by atoms with Crippen LogP contribution in [0.5, 0.6) is 0 Å². The highest BCUT2D eigenvalue weighted by Crippen LogP contribution is 2.38. The van der Waals surface area contributed by atoms with Gasteiger partial charge in [-0.05, 0) is 37.5 Å². The number of aromatic nitrogens is 2. The standard InChI is InChI=1S/C17H19F3N4O2/c1-10(15-22-14(23-26-15)12-6-7-12)21-16(25)24(2)9-11-4-3-5-13(8-11)17(18,19)20/h3-5,8,10,12H,6-7,9H2,1-2H3,(H,21,25)/t10-/m0/s1. The first-order valence-electron chi connectivity index (χ1n) is 8.25. The molecule has 1 N–H and O–H groups in total. The van der Waals surface area contributed by atoms with E-state index < -0.39 is 23.8 Å². The minimum Gasteiger partial charge on any atom is -0.337 e. The number of nitrogens with one attached hydrogen (secondary N) is 1. The van der Waals surface area contributed by atoms with Crippen LogP contribution in [0, 0.1) is 0 Å². The molecule has 0 spiro atoms. The molecule has 1 atom stereocenters. The first kappa shape index (κ1) is 18.2. The van der Waals surface area contributed by atoms with Crippen LogP contribution < -0.4 is 5.32 Å². The number of benzene rings is 1. The Kier molecular flexibility index (Phi) is 4.88. The number of carbonyl (C=O) groups excluding carboxylic acids is 1. The number of hydrogen-bond donors (Lipinski definition) is 1. The van der Waals surface area contributed by atoms with Crippen molar-refractivity contribution < 1.29 is 22.5 Å². The van der Waals surface area contributed by atoms with Gasteiger partial charge in [-0.1, -0.05) is 17.3 Å². The zero-order chi connectivity index (χ0) is 18.9. The maximum atomic E-state index is 12.8. The summed E-state index contributed by atoms with van der Waals surface area (Å²) in [6.45, 7) is 1.75. The molecule has 0 bridgehead atoms. The van der Waals surface area contributed by atoms with Crippen molar-refractivity contribution in [3.8, 4) is 0 Å². The van der Waals surface area contributed by atoms with E-state index in [1.165, 1.54) is 18.0 Å². The number of amides is 2. The maximum absolute atomic E-state index is 12.8. The van der Waals surface area contributed by atoms with E-state index in [-0.39, 0.29) is 6.54 Å². The summed E-state index contributed by atoms with van der Waals surface area (Å²) >= 11 is 0. The molecule has 1 aliphatic rings. The summed E-state index contributed by atoms with van der Waals surface area (Å²) < 4.78 is 43.5. The van der Waals surface area contributed by atoms with Gasteiger partial charge in [0.1, 0.15) is 6.04 Å². The van der Waals surface area contributed by atoms with Gasteiger partial charge < -0.3 is 14.7 Å². The third-order valence-electron chi connectivity index (χ3n) is 4.13. The van der Waals surface area contributed by atoms with Crippen LogP contribution in [0.1, 0.15) is 54.6 Å². The first-order chi connectivity index (χ1) is 12.2. The van der Waals surface area contributed by atoms with Crippen molar-refractivity contribution in [3.05, 3.63) is 47.1 Å². The fourth-order valence-electron chi connectivity index (χ4n) is 2.48. The number of urea groups is 1. The molecule has 1 aliphatic carbocycles. The molecule has 1 aromatic carbocycles. The van der Waals surface area contributed by atoms with Gasteiger partial charge in [-0.25, -0.2) is 4.79 Å². The Morgan fingerprint density at radius 1 is 1.42 bits per heavy atom. The van der Waals surface area contributed by atoms with E-state index >= 15 is 0 Å². The smallest absolute Gasteiger partial charge is 0.337 e. The van der Waals surface area contributed by atoms with Gasteiger partial charge in [0.05, 0.1) is 5.56 Å². The Labute approximate surface area is 148 Å². The SMILES string of the molecule is C[C@H](NC(=O)N(C)Cc1cccc(C(F)(F)F)c1)c1nc(C2CC2)no1. The van der Waals surface area contributed by atoms with Crippen molar-refractivity contribution in [2.75, 3.05) is 7.05 Å². The lowest BCUT2D eigenvalue weighted by molar-refractivity contribution is -0.137. The second-order valence-corrected chi connectivity index (χ2v) is 6.49. The summed E-state index contributed by atoms with van der Waals surface area (Å²) in [6, 6.07) is 3.96. The van der Waals surface area contributed by atoms with Gasteiger partial charge in [-0.15, -0.1) is 0 Å². The van der Waals surface area contributed by atoms with Crippen LogP contribution in [0.15, 0.2) is 28.8 Å². The van der Waals surface area contributed by atoms with E-state index in [2.05, 4.69) is 15.5 Å². The first-order valence-corrected chi connectivity index (χ1v) is 8.25. The van der Waals surface area contributed by atoms with Crippen molar-refractivity contribution in [1.82, 2.24) is 20.4 Å². The molecular formula is C17H19F3N4O2. The minimum absolute atomic E-state index is 0.0413. The van der Waals surface area contributed by atoms with E-state index in [9.17, 15) is 18.0 Å². The number of hydrogen-bond acceptors (Lipinski definition) is 4. The number of nitrogens with zero attached hydrogens (tertiary/aromatic N) is 3. The van der Waals surface area contributed by atoms with Crippen molar-refractivity contribution in [2.24, 2.45) is 0 Å². The van der Waals surface area contributed by atoms with Gasteiger partial charge in [0.25, 0.3) is 0 Å². The second kappa shape index (κ2) is 6.97. The number of alkyl halides is 3. The monoisotopic (exact) mass is 368 g/mol. The van der Waals surface area contributed by atoms with Crippen LogP contribution in [0.25, 0.3) is 0 Å². The van der Waals surface area contributed by atoms with Gasteiger partial charge >= 0.3 is 12.2 Å².